The molecule has 0 spiro atoms. The summed E-state index contributed by atoms with van der Waals surface area (Å²) in [6, 6.07) is 8.61. The molecular weight excluding hydrogens is 273 g/mol. The second-order valence-corrected chi connectivity index (χ2v) is 6.94. The Morgan fingerprint density at radius 1 is 1.18 bits per heavy atom. The topological polar surface area (TPSA) is 30.5 Å². The van der Waals surface area contributed by atoms with Gasteiger partial charge in [0.15, 0.2) is 0 Å². The summed E-state index contributed by atoms with van der Waals surface area (Å²) in [4.78, 5) is 0. The molecule has 22 heavy (non-hydrogen) atoms. The third kappa shape index (κ3) is 3.62. The number of aryl methyl sites for hydroxylation is 1. The van der Waals surface area contributed by atoms with E-state index in [0.717, 1.165) is 18.4 Å². The van der Waals surface area contributed by atoms with Gasteiger partial charge >= 0.3 is 7.12 Å². The van der Waals surface area contributed by atoms with E-state index in [2.05, 4.69) is 70.3 Å². The molecule has 1 aliphatic heterocycles. The van der Waals surface area contributed by atoms with Crippen LogP contribution in [0, 0.1) is 0 Å². The van der Waals surface area contributed by atoms with Crippen LogP contribution in [0.25, 0.3) is 6.08 Å². The van der Waals surface area contributed by atoms with Crippen LogP contribution >= 0.6 is 0 Å². The van der Waals surface area contributed by atoms with E-state index in [0.29, 0.717) is 0 Å². The Morgan fingerprint density at radius 2 is 1.82 bits per heavy atom. The number of hydrogen-bond donors (Lipinski definition) is 1. The third-order valence-electron chi connectivity index (χ3n) is 4.65. The van der Waals surface area contributed by atoms with Crippen LogP contribution in [0.15, 0.2) is 29.7 Å². The van der Waals surface area contributed by atoms with E-state index >= 15 is 0 Å². The van der Waals surface area contributed by atoms with Crippen molar-refractivity contribution in [2.45, 2.75) is 52.2 Å². The molecule has 0 unspecified atom stereocenters. The zero-order valence-corrected chi connectivity index (χ0v) is 14.7. The highest BCUT2D eigenvalue weighted by Crippen LogP contribution is 2.38. The van der Waals surface area contributed by atoms with Gasteiger partial charge < -0.3 is 14.6 Å². The largest absolute Gasteiger partial charge is 0.491 e. The van der Waals surface area contributed by atoms with Crippen LogP contribution in [0.5, 0.6) is 0 Å². The molecule has 0 atom stereocenters. The average molecular weight is 301 g/mol. The minimum atomic E-state index is -0.310. The highest BCUT2D eigenvalue weighted by Gasteiger charge is 2.52. The normalized spacial score (nSPS) is 20.5. The zero-order chi connectivity index (χ0) is 16.4. The van der Waals surface area contributed by atoms with E-state index in [1.54, 1.807) is 0 Å². The zero-order valence-electron chi connectivity index (χ0n) is 14.7. The second-order valence-electron chi connectivity index (χ2n) is 6.94. The maximum Gasteiger partial charge on any atom is 0.491 e. The Balaban J connectivity index is 2.29. The molecule has 0 amide bonds. The fraction of sp³-hybridized carbons (Fsp3) is 0.556. The summed E-state index contributed by atoms with van der Waals surface area (Å²) in [6.07, 6.45) is 3.22. The quantitative estimate of drug-likeness (QED) is 0.845. The Hall–Kier alpha value is -1.10. The van der Waals surface area contributed by atoms with Gasteiger partial charge in [0.05, 0.1) is 11.2 Å². The molecule has 0 bridgehead atoms. The lowest BCUT2D eigenvalue weighted by atomic mass is 9.77. The van der Waals surface area contributed by atoms with Crippen LogP contribution in [0.3, 0.4) is 0 Å². The summed E-state index contributed by atoms with van der Waals surface area (Å²) in [7, 11) is 1.64. The SMILES string of the molecule is CCc1cccc(C=C(CNC)B2OC(C)(C)C(C)(C)O2)c1. The maximum absolute atomic E-state index is 6.18. The van der Waals surface area contributed by atoms with Crippen LogP contribution in [-0.4, -0.2) is 31.9 Å². The van der Waals surface area contributed by atoms with E-state index in [4.69, 9.17) is 9.31 Å². The minimum absolute atomic E-state index is 0.303. The van der Waals surface area contributed by atoms with Gasteiger partial charge in [0.1, 0.15) is 0 Å². The van der Waals surface area contributed by atoms with Crippen molar-refractivity contribution in [2.24, 2.45) is 0 Å². The Kier molecular flexibility index (Phi) is 5.16. The lowest BCUT2D eigenvalue weighted by molar-refractivity contribution is 0.00578. The maximum atomic E-state index is 6.18. The first-order valence-electron chi connectivity index (χ1n) is 8.08. The number of benzene rings is 1. The van der Waals surface area contributed by atoms with Gasteiger partial charge in [-0.1, -0.05) is 37.3 Å². The molecule has 1 aromatic rings. The molecule has 3 nitrogen and oxygen atoms in total. The van der Waals surface area contributed by atoms with Gasteiger partial charge in [-0.25, -0.2) is 0 Å². The first-order valence-corrected chi connectivity index (χ1v) is 8.08. The molecule has 0 radical (unpaired) electrons. The molecule has 0 aliphatic carbocycles. The molecule has 2 rings (SSSR count). The number of likely N-dealkylation sites (N-methyl/N-ethyl adjacent to an activating group) is 1. The molecule has 1 aliphatic rings. The van der Waals surface area contributed by atoms with Crippen molar-refractivity contribution in [3.8, 4) is 0 Å². The first kappa shape index (κ1) is 17.3. The third-order valence-corrected chi connectivity index (χ3v) is 4.65. The smallest absolute Gasteiger partial charge is 0.400 e. The van der Waals surface area contributed by atoms with E-state index in [1.807, 2.05) is 7.05 Å². The van der Waals surface area contributed by atoms with Gasteiger partial charge in [-0.05, 0) is 57.8 Å². The Bertz CT molecular complexity index is 536. The van der Waals surface area contributed by atoms with Crippen molar-refractivity contribution < 1.29 is 9.31 Å². The average Bonchev–Trinajstić information content (AvgIpc) is 2.67. The van der Waals surface area contributed by atoms with Crippen molar-refractivity contribution in [3.05, 3.63) is 40.9 Å². The summed E-state index contributed by atoms with van der Waals surface area (Å²) in [5.41, 5.74) is 3.03. The van der Waals surface area contributed by atoms with Gasteiger partial charge in [0, 0.05) is 6.54 Å². The van der Waals surface area contributed by atoms with Crippen molar-refractivity contribution in [1.82, 2.24) is 5.32 Å². The van der Waals surface area contributed by atoms with Crippen LogP contribution < -0.4 is 5.32 Å². The summed E-state index contributed by atoms with van der Waals surface area (Å²) >= 11 is 0. The predicted octanol–water partition coefficient (Wildman–Crippen LogP) is 3.48. The van der Waals surface area contributed by atoms with E-state index in [-0.39, 0.29) is 18.3 Å². The molecule has 4 heteroatoms. The van der Waals surface area contributed by atoms with Gasteiger partial charge in [-0.15, -0.1) is 0 Å². The fourth-order valence-corrected chi connectivity index (χ4v) is 2.52. The van der Waals surface area contributed by atoms with Crippen LogP contribution in [0.4, 0.5) is 0 Å². The second kappa shape index (κ2) is 6.57. The molecule has 0 aromatic heterocycles. The summed E-state index contributed by atoms with van der Waals surface area (Å²) in [6.45, 7) is 11.3. The van der Waals surface area contributed by atoms with Gasteiger partial charge in [0.2, 0.25) is 0 Å². The summed E-state index contributed by atoms with van der Waals surface area (Å²) < 4.78 is 12.4. The highest BCUT2D eigenvalue weighted by molar-refractivity contribution is 6.55. The molecule has 120 valence electrons. The lowest BCUT2D eigenvalue weighted by Gasteiger charge is -2.32. The Morgan fingerprint density at radius 3 is 2.36 bits per heavy atom. The van der Waals surface area contributed by atoms with Crippen molar-refractivity contribution in [2.75, 3.05) is 13.6 Å². The van der Waals surface area contributed by atoms with Crippen molar-refractivity contribution in [1.29, 1.82) is 0 Å². The fourth-order valence-electron chi connectivity index (χ4n) is 2.52. The summed E-state index contributed by atoms with van der Waals surface area (Å²) in [5, 5.41) is 3.22. The van der Waals surface area contributed by atoms with E-state index < -0.39 is 0 Å². The van der Waals surface area contributed by atoms with E-state index in [9.17, 15) is 0 Å². The van der Waals surface area contributed by atoms with Gasteiger partial charge in [0.25, 0.3) is 0 Å². The minimum Gasteiger partial charge on any atom is -0.400 e. The number of rotatable bonds is 5. The predicted molar refractivity (Wildman–Crippen MR) is 93.8 cm³/mol. The van der Waals surface area contributed by atoms with Crippen LogP contribution in [-0.2, 0) is 15.7 Å². The molecule has 1 fully saturated rings. The monoisotopic (exact) mass is 301 g/mol. The number of nitrogens with one attached hydrogen (secondary N) is 1. The molecule has 1 aromatic carbocycles. The van der Waals surface area contributed by atoms with Crippen molar-refractivity contribution in [3.63, 3.8) is 0 Å². The van der Waals surface area contributed by atoms with Gasteiger partial charge in [-0.3, -0.25) is 0 Å². The molecule has 0 saturated carbocycles. The molecule has 1 N–H and O–H groups in total. The van der Waals surface area contributed by atoms with Crippen LogP contribution in [0.2, 0.25) is 0 Å². The highest BCUT2D eigenvalue weighted by atomic mass is 16.7. The number of hydrogen-bond acceptors (Lipinski definition) is 3. The first-order chi connectivity index (χ1) is 10.3. The molecule has 1 saturated heterocycles. The van der Waals surface area contributed by atoms with Gasteiger partial charge in [-0.2, -0.15) is 0 Å². The molecule has 1 heterocycles. The lowest BCUT2D eigenvalue weighted by Crippen LogP contribution is -2.41. The summed E-state index contributed by atoms with van der Waals surface area (Å²) in [5.74, 6) is 0. The van der Waals surface area contributed by atoms with E-state index in [1.165, 1.54) is 11.1 Å². The Labute approximate surface area is 135 Å². The van der Waals surface area contributed by atoms with Crippen LogP contribution in [0.1, 0.15) is 45.7 Å². The standard InChI is InChI=1S/C18H28BNO2/c1-7-14-9-8-10-15(11-14)12-16(13-20-6)19-21-17(2,3)18(4,5)22-19/h8-12,20H,7,13H2,1-6H3. The van der Waals surface area contributed by atoms with Crippen molar-refractivity contribution >= 4 is 13.2 Å². The molecular formula is C18H28BNO2.